The standard InChI is InChI=1S/C16H16BrF2NO/c1-20-14(9-10-4-3-5-11(8-10)21-2)15-13(18)7-6-12(17)16(15)19/h3-8,14,20H,9H2,1-2H3. The minimum absolute atomic E-state index is 0.0368. The molecule has 112 valence electrons. The molecule has 0 fully saturated rings. The zero-order chi connectivity index (χ0) is 15.4. The van der Waals surface area contributed by atoms with E-state index in [0.29, 0.717) is 6.42 Å². The minimum Gasteiger partial charge on any atom is -0.497 e. The normalized spacial score (nSPS) is 12.2. The lowest BCUT2D eigenvalue weighted by molar-refractivity contribution is 0.413. The number of hydrogen-bond acceptors (Lipinski definition) is 2. The summed E-state index contributed by atoms with van der Waals surface area (Å²) in [5.41, 5.74) is 0.974. The summed E-state index contributed by atoms with van der Waals surface area (Å²) in [5.74, 6) is -0.410. The van der Waals surface area contributed by atoms with Crippen LogP contribution in [0.5, 0.6) is 5.75 Å². The Hall–Kier alpha value is -1.46. The van der Waals surface area contributed by atoms with Gasteiger partial charge in [0, 0.05) is 11.6 Å². The Morgan fingerprint density at radius 3 is 2.67 bits per heavy atom. The monoisotopic (exact) mass is 355 g/mol. The second-order valence-electron chi connectivity index (χ2n) is 4.65. The second kappa shape index (κ2) is 7.00. The maximum absolute atomic E-state index is 14.2. The summed E-state index contributed by atoms with van der Waals surface area (Å²) >= 11 is 3.10. The van der Waals surface area contributed by atoms with Gasteiger partial charge >= 0.3 is 0 Å². The topological polar surface area (TPSA) is 21.3 Å². The van der Waals surface area contributed by atoms with Gasteiger partial charge in [-0.1, -0.05) is 12.1 Å². The lowest BCUT2D eigenvalue weighted by atomic mass is 9.98. The van der Waals surface area contributed by atoms with Crippen LogP contribution >= 0.6 is 15.9 Å². The lowest BCUT2D eigenvalue weighted by Crippen LogP contribution is -2.21. The quantitative estimate of drug-likeness (QED) is 0.810. The number of rotatable bonds is 5. The third kappa shape index (κ3) is 3.60. The van der Waals surface area contributed by atoms with Gasteiger partial charge in [-0.15, -0.1) is 0 Å². The highest BCUT2D eigenvalue weighted by Crippen LogP contribution is 2.29. The van der Waals surface area contributed by atoms with Crippen LogP contribution in [-0.2, 0) is 6.42 Å². The smallest absolute Gasteiger partial charge is 0.145 e. The highest BCUT2D eigenvalue weighted by molar-refractivity contribution is 9.10. The van der Waals surface area contributed by atoms with E-state index in [1.165, 1.54) is 12.1 Å². The third-order valence-electron chi connectivity index (χ3n) is 3.35. The Morgan fingerprint density at radius 2 is 2.00 bits per heavy atom. The SMILES string of the molecule is CNC(Cc1cccc(OC)c1)c1c(F)ccc(Br)c1F. The van der Waals surface area contributed by atoms with E-state index in [1.807, 2.05) is 24.3 Å². The molecule has 2 nitrogen and oxygen atoms in total. The van der Waals surface area contributed by atoms with Crippen molar-refractivity contribution in [2.45, 2.75) is 12.5 Å². The molecule has 2 aromatic rings. The summed E-state index contributed by atoms with van der Waals surface area (Å²) in [6, 6.07) is 9.62. The van der Waals surface area contributed by atoms with Crippen molar-refractivity contribution in [3.63, 3.8) is 0 Å². The maximum atomic E-state index is 14.2. The molecule has 5 heteroatoms. The van der Waals surface area contributed by atoms with E-state index < -0.39 is 17.7 Å². The Balaban J connectivity index is 2.34. The van der Waals surface area contributed by atoms with Crippen molar-refractivity contribution in [3.05, 3.63) is 63.6 Å². The molecule has 1 N–H and O–H groups in total. The van der Waals surface area contributed by atoms with Crippen molar-refractivity contribution in [3.8, 4) is 5.75 Å². The van der Waals surface area contributed by atoms with Gasteiger partial charge in [0.1, 0.15) is 17.4 Å². The van der Waals surface area contributed by atoms with E-state index in [4.69, 9.17) is 4.74 Å². The fraction of sp³-hybridized carbons (Fsp3) is 0.250. The first kappa shape index (κ1) is 15.9. The molecule has 0 spiro atoms. The first-order valence-electron chi connectivity index (χ1n) is 6.50. The number of methoxy groups -OCH3 is 1. The van der Waals surface area contributed by atoms with Crippen LogP contribution < -0.4 is 10.1 Å². The number of halogens is 3. The summed E-state index contributed by atoms with van der Waals surface area (Å²) in [5, 5.41) is 2.97. The molecule has 0 radical (unpaired) electrons. The largest absolute Gasteiger partial charge is 0.497 e. The van der Waals surface area contributed by atoms with Gasteiger partial charge in [-0.05, 0) is 59.2 Å². The van der Waals surface area contributed by atoms with Crippen molar-refractivity contribution in [1.82, 2.24) is 5.32 Å². The second-order valence-corrected chi connectivity index (χ2v) is 5.51. The molecule has 1 atom stereocenters. The van der Waals surface area contributed by atoms with E-state index in [9.17, 15) is 8.78 Å². The van der Waals surface area contributed by atoms with E-state index >= 15 is 0 Å². The van der Waals surface area contributed by atoms with Gasteiger partial charge in [-0.2, -0.15) is 0 Å². The van der Waals surface area contributed by atoms with Crippen LogP contribution in [0.3, 0.4) is 0 Å². The zero-order valence-corrected chi connectivity index (χ0v) is 13.4. The highest BCUT2D eigenvalue weighted by atomic mass is 79.9. The van der Waals surface area contributed by atoms with Gasteiger partial charge in [-0.3, -0.25) is 0 Å². The highest BCUT2D eigenvalue weighted by Gasteiger charge is 2.21. The Labute approximate surface area is 131 Å². The summed E-state index contributed by atoms with van der Waals surface area (Å²) < 4.78 is 33.6. The van der Waals surface area contributed by atoms with Gasteiger partial charge in [0.05, 0.1) is 11.6 Å². The molecule has 21 heavy (non-hydrogen) atoms. The minimum atomic E-state index is -0.572. The molecule has 2 aromatic carbocycles. The lowest BCUT2D eigenvalue weighted by Gasteiger charge is -2.19. The molecule has 0 amide bonds. The Morgan fingerprint density at radius 1 is 1.24 bits per heavy atom. The van der Waals surface area contributed by atoms with Crippen molar-refractivity contribution in [2.24, 2.45) is 0 Å². The molecular formula is C16H16BrF2NO. The van der Waals surface area contributed by atoms with Crippen molar-refractivity contribution < 1.29 is 13.5 Å². The molecule has 0 aromatic heterocycles. The van der Waals surface area contributed by atoms with Crippen LogP contribution in [0.15, 0.2) is 40.9 Å². The molecule has 2 rings (SSSR count). The molecule has 0 aliphatic carbocycles. The van der Waals surface area contributed by atoms with Gasteiger partial charge in [0.25, 0.3) is 0 Å². The van der Waals surface area contributed by atoms with E-state index in [2.05, 4.69) is 21.2 Å². The Bertz CT molecular complexity index is 634. The number of ether oxygens (including phenoxy) is 1. The fourth-order valence-electron chi connectivity index (χ4n) is 2.25. The summed E-state index contributed by atoms with van der Waals surface area (Å²) in [4.78, 5) is 0. The molecule has 0 saturated heterocycles. The molecule has 0 heterocycles. The summed E-state index contributed by atoms with van der Waals surface area (Å²) in [6.45, 7) is 0. The van der Waals surface area contributed by atoms with Crippen LogP contribution in [0.25, 0.3) is 0 Å². The first-order valence-corrected chi connectivity index (χ1v) is 7.29. The fourth-order valence-corrected chi connectivity index (χ4v) is 2.59. The number of nitrogens with one attached hydrogen (secondary N) is 1. The molecule has 0 saturated carbocycles. The number of benzene rings is 2. The van der Waals surface area contributed by atoms with Crippen LogP contribution in [-0.4, -0.2) is 14.2 Å². The van der Waals surface area contributed by atoms with Crippen LogP contribution in [0, 0.1) is 11.6 Å². The van der Waals surface area contributed by atoms with Crippen molar-refractivity contribution >= 4 is 15.9 Å². The zero-order valence-electron chi connectivity index (χ0n) is 11.8. The van der Waals surface area contributed by atoms with Crippen LogP contribution in [0.1, 0.15) is 17.2 Å². The van der Waals surface area contributed by atoms with Crippen molar-refractivity contribution in [1.29, 1.82) is 0 Å². The molecule has 0 bridgehead atoms. The average Bonchev–Trinajstić information content (AvgIpc) is 2.50. The van der Waals surface area contributed by atoms with E-state index in [1.54, 1.807) is 14.2 Å². The van der Waals surface area contributed by atoms with Gasteiger partial charge in [0.15, 0.2) is 0 Å². The Kier molecular flexibility index (Phi) is 5.31. The number of likely N-dealkylation sites (N-methyl/N-ethyl adjacent to an activating group) is 1. The summed E-state index contributed by atoms with van der Waals surface area (Å²) in [6.07, 6.45) is 0.456. The molecule has 0 aliphatic heterocycles. The first-order chi connectivity index (χ1) is 10.1. The van der Waals surface area contributed by atoms with Gasteiger partial charge < -0.3 is 10.1 Å². The molecular weight excluding hydrogens is 340 g/mol. The average molecular weight is 356 g/mol. The molecule has 0 aliphatic rings. The van der Waals surface area contributed by atoms with E-state index in [-0.39, 0.29) is 10.0 Å². The van der Waals surface area contributed by atoms with Gasteiger partial charge in [-0.25, -0.2) is 8.78 Å². The maximum Gasteiger partial charge on any atom is 0.145 e. The number of hydrogen-bond donors (Lipinski definition) is 1. The van der Waals surface area contributed by atoms with Crippen molar-refractivity contribution in [2.75, 3.05) is 14.2 Å². The van der Waals surface area contributed by atoms with Gasteiger partial charge in [0.2, 0.25) is 0 Å². The summed E-state index contributed by atoms with van der Waals surface area (Å²) in [7, 11) is 3.27. The predicted octanol–water partition coefficient (Wildman–Crippen LogP) is 4.24. The predicted molar refractivity (Wildman–Crippen MR) is 82.6 cm³/mol. The van der Waals surface area contributed by atoms with Crippen LogP contribution in [0.2, 0.25) is 0 Å². The molecule has 1 unspecified atom stereocenters. The van der Waals surface area contributed by atoms with Crippen LogP contribution in [0.4, 0.5) is 8.78 Å². The third-order valence-corrected chi connectivity index (χ3v) is 3.96. The van der Waals surface area contributed by atoms with E-state index in [0.717, 1.165) is 11.3 Å².